The summed E-state index contributed by atoms with van der Waals surface area (Å²) in [5.74, 6) is -1.25. The van der Waals surface area contributed by atoms with E-state index in [1.807, 2.05) is 30.3 Å². The molecular formula is C13H13N3O3. The maximum absolute atomic E-state index is 11.5. The highest BCUT2D eigenvalue weighted by molar-refractivity contribution is 5.97. The topological polar surface area (TPSA) is 72.9 Å². The zero-order valence-corrected chi connectivity index (χ0v) is 10.3. The number of β-lactam (4-membered cyclic amide) rings is 1. The van der Waals surface area contributed by atoms with Crippen LogP contribution < -0.4 is 10.4 Å². The maximum atomic E-state index is 11.5. The molecule has 19 heavy (non-hydrogen) atoms. The van der Waals surface area contributed by atoms with Gasteiger partial charge < -0.3 is 5.11 Å². The molecule has 0 radical (unpaired) electrons. The average Bonchev–Trinajstić information content (AvgIpc) is 2.39. The minimum atomic E-state index is -1.09. The van der Waals surface area contributed by atoms with Crippen LogP contribution in [0.25, 0.3) is 0 Å². The number of aliphatic carboxylic acids is 1. The van der Waals surface area contributed by atoms with Crippen molar-refractivity contribution in [2.75, 3.05) is 5.01 Å². The van der Waals surface area contributed by atoms with Gasteiger partial charge in [-0.05, 0) is 19.1 Å². The Morgan fingerprint density at radius 2 is 2.05 bits per heavy atom. The fraction of sp³-hybridized carbons (Fsp3) is 0.231. The van der Waals surface area contributed by atoms with E-state index < -0.39 is 5.97 Å². The van der Waals surface area contributed by atoms with Gasteiger partial charge in [-0.3, -0.25) is 14.7 Å². The minimum Gasteiger partial charge on any atom is -0.477 e. The number of fused-ring (bicyclic) bond motifs is 1. The molecule has 1 unspecified atom stereocenters. The lowest BCUT2D eigenvalue weighted by Crippen LogP contribution is -2.67. The van der Waals surface area contributed by atoms with E-state index >= 15 is 0 Å². The van der Waals surface area contributed by atoms with E-state index in [1.165, 1.54) is 4.90 Å². The monoisotopic (exact) mass is 259 g/mol. The molecule has 3 rings (SSSR count). The molecule has 0 bridgehead atoms. The number of para-hydroxylation sites is 1. The van der Waals surface area contributed by atoms with E-state index in [0.717, 1.165) is 5.69 Å². The number of carbonyl (C=O) groups excluding carboxylic acids is 1. The Bertz CT molecular complexity index is 582. The normalized spacial score (nSPS) is 22.2. The molecule has 2 aliphatic rings. The second kappa shape index (κ2) is 4.10. The fourth-order valence-electron chi connectivity index (χ4n) is 2.43. The molecule has 2 heterocycles. The molecule has 1 atom stereocenters. The highest BCUT2D eigenvalue weighted by Crippen LogP contribution is 2.32. The van der Waals surface area contributed by atoms with Crippen molar-refractivity contribution in [3.63, 3.8) is 0 Å². The van der Waals surface area contributed by atoms with Gasteiger partial charge in [-0.25, -0.2) is 10.2 Å². The number of nitrogens with zero attached hydrogens (tertiary/aromatic N) is 2. The summed E-state index contributed by atoms with van der Waals surface area (Å²) in [6.07, 6.45) is 0.0374. The number of hydrazine groups is 1. The molecule has 1 saturated heterocycles. The number of benzene rings is 1. The first-order valence-corrected chi connectivity index (χ1v) is 5.97. The smallest absolute Gasteiger partial charge is 0.354 e. The van der Waals surface area contributed by atoms with E-state index in [1.54, 1.807) is 11.9 Å². The Balaban J connectivity index is 2.06. The Kier molecular flexibility index (Phi) is 2.53. The quantitative estimate of drug-likeness (QED) is 0.771. The summed E-state index contributed by atoms with van der Waals surface area (Å²) in [5, 5.41) is 11.0. The first-order chi connectivity index (χ1) is 9.09. The van der Waals surface area contributed by atoms with E-state index in [4.69, 9.17) is 0 Å². The Morgan fingerprint density at radius 3 is 2.63 bits per heavy atom. The molecule has 98 valence electrons. The Hall–Kier alpha value is -2.34. The van der Waals surface area contributed by atoms with Crippen LogP contribution in [0.2, 0.25) is 0 Å². The third-order valence-electron chi connectivity index (χ3n) is 3.36. The highest BCUT2D eigenvalue weighted by atomic mass is 16.4. The molecule has 0 saturated carbocycles. The summed E-state index contributed by atoms with van der Waals surface area (Å²) in [6.45, 7) is 1.69. The lowest BCUT2D eigenvalue weighted by molar-refractivity contribution is -0.151. The second-order valence-corrected chi connectivity index (χ2v) is 4.52. The van der Waals surface area contributed by atoms with Crippen molar-refractivity contribution < 1.29 is 14.7 Å². The van der Waals surface area contributed by atoms with Crippen LogP contribution in [0.15, 0.2) is 41.7 Å². The van der Waals surface area contributed by atoms with Crippen LogP contribution in [-0.4, -0.2) is 28.0 Å². The van der Waals surface area contributed by atoms with Gasteiger partial charge >= 0.3 is 5.97 Å². The summed E-state index contributed by atoms with van der Waals surface area (Å²) in [6, 6.07) is 9.41. The average molecular weight is 259 g/mol. The van der Waals surface area contributed by atoms with E-state index in [9.17, 15) is 14.7 Å². The lowest BCUT2D eigenvalue weighted by atomic mass is 10.1. The number of hydrogen-bond donors (Lipinski definition) is 2. The number of allylic oxidation sites excluding steroid dienone is 1. The molecule has 1 fully saturated rings. The molecule has 1 aromatic carbocycles. The number of hydrogen-bond acceptors (Lipinski definition) is 4. The summed E-state index contributed by atoms with van der Waals surface area (Å²) < 4.78 is 0. The van der Waals surface area contributed by atoms with E-state index in [2.05, 4.69) is 5.43 Å². The standard InChI is InChI=1S/C13H13N3O3/c1-8-12(13(18)19)15-10(7-11(15)17)14-16(8)9-5-3-2-4-6-9/h2-6,10,14H,7H2,1H3,(H,18,19). The first-order valence-electron chi connectivity index (χ1n) is 5.97. The van der Waals surface area contributed by atoms with Gasteiger partial charge in [-0.15, -0.1) is 0 Å². The SMILES string of the molecule is CC1=C(C(=O)O)N2C(=O)CC2NN1c1ccccc1. The molecule has 0 aromatic heterocycles. The van der Waals surface area contributed by atoms with Crippen LogP contribution in [0, 0.1) is 0 Å². The van der Waals surface area contributed by atoms with Crippen molar-refractivity contribution in [3.05, 3.63) is 41.7 Å². The van der Waals surface area contributed by atoms with Crippen molar-refractivity contribution in [1.82, 2.24) is 10.3 Å². The van der Waals surface area contributed by atoms with Crippen molar-refractivity contribution in [2.45, 2.75) is 19.5 Å². The summed E-state index contributed by atoms with van der Waals surface area (Å²) in [7, 11) is 0. The van der Waals surface area contributed by atoms with Crippen molar-refractivity contribution in [1.29, 1.82) is 0 Å². The molecule has 6 nitrogen and oxygen atoms in total. The number of rotatable bonds is 2. The highest BCUT2D eigenvalue weighted by Gasteiger charge is 2.46. The molecule has 1 amide bonds. The predicted molar refractivity (Wildman–Crippen MR) is 67.6 cm³/mol. The fourth-order valence-corrected chi connectivity index (χ4v) is 2.43. The van der Waals surface area contributed by atoms with Crippen molar-refractivity contribution >= 4 is 17.6 Å². The summed E-state index contributed by atoms with van der Waals surface area (Å²) in [5.41, 5.74) is 4.54. The van der Waals surface area contributed by atoms with Crippen molar-refractivity contribution in [2.24, 2.45) is 0 Å². The first kappa shape index (κ1) is 11.7. The van der Waals surface area contributed by atoms with Crippen LogP contribution >= 0.6 is 0 Å². The number of nitrogens with one attached hydrogen (secondary N) is 1. The third kappa shape index (κ3) is 1.68. The molecule has 2 N–H and O–H groups in total. The van der Waals surface area contributed by atoms with Gasteiger partial charge in [0.15, 0.2) is 5.70 Å². The third-order valence-corrected chi connectivity index (χ3v) is 3.36. The van der Waals surface area contributed by atoms with Gasteiger partial charge in [0, 0.05) is 0 Å². The summed E-state index contributed by atoms with van der Waals surface area (Å²) in [4.78, 5) is 24.2. The Labute approximate surface area is 109 Å². The molecule has 0 aliphatic carbocycles. The second-order valence-electron chi connectivity index (χ2n) is 4.52. The van der Waals surface area contributed by atoms with Crippen LogP contribution in [0.4, 0.5) is 5.69 Å². The van der Waals surface area contributed by atoms with E-state index in [-0.39, 0.29) is 17.8 Å². The number of carboxylic acids is 1. The zero-order chi connectivity index (χ0) is 13.6. The van der Waals surface area contributed by atoms with Crippen molar-refractivity contribution in [3.8, 4) is 0 Å². The van der Waals surface area contributed by atoms with Gasteiger partial charge in [0.2, 0.25) is 5.91 Å². The molecule has 6 heteroatoms. The Morgan fingerprint density at radius 1 is 1.37 bits per heavy atom. The molecular weight excluding hydrogens is 246 g/mol. The van der Waals surface area contributed by atoms with Crippen LogP contribution in [0.3, 0.4) is 0 Å². The number of carboxylic acid groups (broad SMARTS) is 1. The van der Waals surface area contributed by atoms with Crippen LogP contribution in [0.5, 0.6) is 0 Å². The minimum absolute atomic E-state index is 0.0452. The molecule has 0 spiro atoms. The number of amides is 1. The maximum Gasteiger partial charge on any atom is 0.354 e. The van der Waals surface area contributed by atoms with Gasteiger partial charge in [0.05, 0.1) is 17.8 Å². The largest absolute Gasteiger partial charge is 0.477 e. The molecule has 2 aliphatic heterocycles. The number of anilines is 1. The van der Waals surface area contributed by atoms with E-state index in [0.29, 0.717) is 12.1 Å². The van der Waals surface area contributed by atoms with Crippen LogP contribution in [0.1, 0.15) is 13.3 Å². The number of carbonyl (C=O) groups is 2. The van der Waals surface area contributed by atoms with Gasteiger partial charge in [0.1, 0.15) is 6.17 Å². The predicted octanol–water partition coefficient (Wildman–Crippen LogP) is 0.886. The van der Waals surface area contributed by atoms with Crippen LogP contribution in [-0.2, 0) is 9.59 Å². The zero-order valence-electron chi connectivity index (χ0n) is 10.3. The lowest BCUT2D eigenvalue weighted by Gasteiger charge is -2.48. The van der Waals surface area contributed by atoms with Gasteiger partial charge in [0.25, 0.3) is 0 Å². The molecule has 1 aromatic rings. The van der Waals surface area contributed by atoms with Gasteiger partial charge in [-0.1, -0.05) is 18.2 Å². The summed E-state index contributed by atoms with van der Waals surface area (Å²) >= 11 is 0. The van der Waals surface area contributed by atoms with Gasteiger partial charge in [-0.2, -0.15) is 0 Å².